The molecule has 8 heteroatoms. The van der Waals surface area contributed by atoms with Crippen LogP contribution in [0.25, 0.3) is 0 Å². The lowest BCUT2D eigenvalue weighted by Crippen LogP contribution is -3.16. The Balaban J connectivity index is 1.94. The van der Waals surface area contributed by atoms with Gasteiger partial charge in [-0.25, -0.2) is 12.7 Å². The lowest BCUT2D eigenvalue weighted by molar-refractivity contribution is -0.907. The van der Waals surface area contributed by atoms with Crippen LogP contribution in [0.5, 0.6) is 0 Å². The van der Waals surface area contributed by atoms with E-state index < -0.39 is 10.0 Å². The van der Waals surface area contributed by atoms with Crippen LogP contribution in [-0.4, -0.2) is 64.1 Å². The van der Waals surface area contributed by atoms with Crippen LogP contribution >= 0.6 is 0 Å². The topological polar surface area (TPSA) is 80.2 Å². The summed E-state index contributed by atoms with van der Waals surface area (Å²) in [6.45, 7) is 8.54. The Bertz CT molecular complexity index is 711. The highest BCUT2D eigenvalue weighted by Gasteiger charge is 2.27. The summed E-state index contributed by atoms with van der Waals surface area (Å²) in [7, 11) is -1.90. The normalized spacial score (nSPS) is 23.4. The number of sulfonamides is 1. The quantitative estimate of drug-likeness (QED) is 0.677. The molecule has 7 nitrogen and oxygen atoms in total. The molecule has 0 aliphatic carbocycles. The van der Waals surface area contributed by atoms with Gasteiger partial charge in [0.2, 0.25) is 10.0 Å². The van der Waals surface area contributed by atoms with Gasteiger partial charge in [0.05, 0.1) is 4.90 Å². The number of carbonyl (C=O) groups excluding carboxylic acids is 1. The SMILES string of the molecule is CCCCN(C)S(=O)(=O)c1ccc(NC(=O)C[NH+]2C[C@@H](C)O[C@H](C)C2)cc1. The number of nitrogens with zero attached hydrogens (tertiary/aromatic N) is 1. The highest BCUT2D eigenvalue weighted by molar-refractivity contribution is 7.89. The second kappa shape index (κ2) is 9.64. The highest BCUT2D eigenvalue weighted by atomic mass is 32.2. The van der Waals surface area contributed by atoms with E-state index in [1.165, 1.54) is 9.21 Å². The summed E-state index contributed by atoms with van der Waals surface area (Å²) in [5.41, 5.74) is 0.601. The van der Waals surface area contributed by atoms with Crippen LogP contribution < -0.4 is 10.2 Å². The van der Waals surface area contributed by atoms with E-state index in [2.05, 4.69) is 5.32 Å². The molecular formula is C19H32N3O4S+. The number of hydrogen-bond donors (Lipinski definition) is 2. The fourth-order valence-corrected chi connectivity index (χ4v) is 4.57. The van der Waals surface area contributed by atoms with Crippen molar-refractivity contribution in [3.05, 3.63) is 24.3 Å². The summed E-state index contributed by atoms with van der Waals surface area (Å²) in [6, 6.07) is 6.36. The van der Waals surface area contributed by atoms with Crippen molar-refractivity contribution in [1.29, 1.82) is 0 Å². The van der Waals surface area contributed by atoms with Gasteiger partial charge in [-0.15, -0.1) is 0 Å². The first-order chi connectivity index (χ1) is 12.7. The number of hydrogen-bond acceptors (Lipinski definition) is 4. The van der Waals surface area contributed by atoms with Gasteiger partial charge in [0, 0.05) is 19.3 Å². The van der Waals surface area contributed by atoms with Crippen LogP contribution in [0.4, 0.5) is 5.69 Å². The van der Waals surface area contributed by atoms with Crippen molar-refractivity contribution in [2.24, 2.45) is 0 Å². The van der Waals surface area contributed by atoms with E-state index in [0.29, 0.717) is 18.8 Å². The summed E-state index contributed by atoms with van der Waals surface area (Å²) in [6.07, 6.45) is 2.05. The smallest absolute Gasteiger partial charge is 0.279 e. The Morgan fingerprint density at radius 1 is 1.22 bits per heavy atom. The summed E-state index contributed by atoms with van der Waals surface area (Å²) in [4.78, 5) is 13.7. The Hall–Kier alpha value is -1.48. The number of anilines is 1. The van der Waals surface area contributed by atoms with E-state index in [9.17, 15) is 13.2 Å². The molecule has 152 valence electrons. The molecule has 2 rings (SSSR count). The lowest BCUT2D eigenvalue weighted by atomic mass is 10.2. The van der Waals surface area contributed by atoms with Crippen LogP contribution in [0.2, 0.25) is 0 Å². The van der Waals surface area contributed by atoms with E-state index in [-0.39, 0.29) is 23.0 Å². The Labute approximate surface area is 162 Å². The van der Waals surface area contributed by atoms with Crippen LogP contribution in [0.3, 0.4) is 0 Å². The Morgan fingerprint density at radius 3 is 2.37 bits per heavy atom. The molecule has 1 aromatic rings. The minimum Gasteiger partial charge on any atom is -0.364 e. The molecule has 0 spiro atoms. The molecule has 0 saturated carbocycles. The average molecular weight is 399 g/mol. The maximum atomic E-state index is 12.5. The number of benzene rings is 1. The van der Waals surface area contributed by atoms with Gasteiger partial charge in [0.15, 0.2) is 6.54 Å². The second-order valence-electron chi connectivity index (χ2n) is 7.35. The highest BCUT2D eigenvalue weighted by Crippen LogP contribution is 2.17. The van der Waals surface area contributed by atoms with E-state index in [4.69, 9.17) is 4.74 Å². The number of rotatable bonds is 8. The van der Waals surface area contributed by atoms with Crippen LogP contribution in [0, 0.1) is 0 Å². The van der Waals surface area contributed by atoms with Crippen molar-refractivity contribution in [3.63, 3.8) is 0 Å². The van der Waals surface area contributed by atoms with Crippen molar-refractivity contribution >= 4 is 21.6 Å². The van der Waals surface area contributed by atoms with Gasteiger partial charge >= 0.3 is 0 Å². The summed E-state index contributed by atoms with van der Waals surface area (Å²) >= 11 is 0. The number of nitrogens with one attached hydrogen (secondary N) is 2. The molecule has 1 aliphatic rings. The third-order valence-corrected chi connectivity index (χ3v) is 6.57. The second-order valence-corrected chi connectivity index (χ2v) is 9.39. The number of carbonyl (C=O) groups is 1. The Morgan fingerprint density at radius 2 is 1.81 bits per heavy atom. The molecule has 0 unspecified atom stereocenters. The van der Waals surface area contributed by atoms with Gasteiger partial charge < -0.3 is 15.0 Å². The maximum absolute atomic E-state index is 12.5. The maximum Gasteiger partial charge on any atom is 0.279 e. The molecule has 0 radical (unpaired) electrons. The largest absolute Gasteiger partial charge is 0.364 e. The molecule has 0 bridgehead atoms. The molecule has 1 aromatic carbocycles. The molecule has 1 aliphatic heterocycles. The van der Waals surface area contributed by atoms with Gasteiger partial charge in [-0.3, -0.25) is 4.79 Å². The fraction of sp³-hybridized carbons (Fsp3) is 0.632. The van der Waals surface area contributed by atoms with Crippen molar-refractivity contribution in [2.45, 2.75) is 50.7 Å². The van der Waals surface area contributed by atoms with Crippen molar-refractivity contribution in [3.8, 4) is 0 Å². The lowest BCUT2D eigenvalue weighted by Gasteiger charge is -2.31. The Kier molecular flexibility index (Phi) is 7.79. The fourth-order valence-electron chi connectivity index (χ4n) is 3.36. The summed E-state index contributed by atoms with van der Waals surface area (Å²) < 4.78 is 32.1. The molecule has 1 fully saturated rings. The molecule has 2 N–H and O–H groups in total. The van der Waals surface area contributed by atoms with Gasteiger partial charge in [0.25, 0.3) is 5.91 Å². The molecule has 0 aromatic heterocycles. The van der Waals surface area contributed by atoms with Crippen molar-refractivity contribution in [2.75, 3.05) is 38.5 Å². The minimum absolute atomic E-state index is 0.0815. The third kappa shape index (κ3) is 6.27. The van der Waals surface area contributed by atoms with Gasteiger partial charge in [0.1, 0.15) is 25.3 Å². The summed E-state index contributed by atoms with van der Waals surface area (Å²) in [5.74, 6) is -0.0815. The number of quaternary nitrogens is 1. The predicted molar refractivity (Wildman–Crippen MR) is 105 cm³/mol. The minimum atomic E-state index is -3.49. The molecule has 1 heterocycles. The number of amides is 1. The molecule has 2 atom stereocenters. The van der Waals surface area contributed by atoms with Crippen molar-refractivity contribution in [1.82, 2.24) is 4.31 Å². The first-order valence-electron chi connectivity index (χ1n) is 9.57. The van der Waals surface area contributed by atoms with Gasteiger partial charge in [-0.05, 0) is 44.5 Å². The predicted octanol–water partition coefficient (Wildman–Crippen LogP) is 0.738. The van der Waals surface area contributed by atoms with Crippen molar-refractivity contribution < 1.29 is 22.8 Å². The third-order valence-electron chi connectivity index (χ3n) is 4.70. The molecule has 27 heavy (non-hydrogen) atoms. The number of unbranched alkanes of at least 4 members (excludes halogenated alkanes) is 1. The molecule has 1 saturated heterocycles. The van der Waals surface area contributed by atoms with E-state index in [1.807, 2.05) is 20.8 Å². The zero-order valence-corrected chi connectivity index (χ0v) is 17.5. The molecular weight excluding hydrogens is 366 g/mol. The number of morpholine rings is 1. The van der Waals surface area contributed by atoms with Gasteiger partial charge in [-0.2, -0.15) is 0 Å². The first-order valence-corrected chi connectivity index (χ1v) is 11.0. The number of ether oxygens (including phenoxy) is 1. The first kappa shape index (κ1) is 21.8. The molecule has 1 amide bonds. The van der Waals surface area contributed by atoms with Crippen LogP contribution in [0.15, 0.2) is 29.2 Å². The van der Waals surface area contributed by atoms with Gasteiger partial charge in [-0.1, -0.05) is 13.3 Å². The zero-order chi connectivity index (χ0) is 20.0. The standard InChI is InChI=1S/C19H31N3O4S/c1-5-6-11-21(4)27(24,25)18-9-7-17(8-10-18)20-19(23)14-22-12-15(2)26-16(3)13-22/h7-10,15-16H,5-6,11-14H2,1-4H3,(H,20,23)/p+1/t15-,16-/m1/s1. The zero-order valence-electron chi connectivity index (χ0n) is 16.7. The monoisotopic (exact) mass is 398 g/mol. The van der Waals surface area contributed by atoms with Crippen LogP contribution in [0.1, 0.15) is 33.6 Å². The average Bonchev–Trinajstić information content (AvgIpc) is 2.59. The van der Waals surface area contributed by atoms with E-state index >= 15 is 0 Å². The van der Waals surface area contributed by atoms with E-state index in [1.54, 1.807) is 31.3 Å². The summed E-state index contributed by atoms with van der Waals surface area (Å²) in [5, 5.41) is 2.85. The van der Waals surface area contributed by atoms with E-state index in [0.717, 1.165) is 25.9 Å². The van der Waals surface area contributed by atoms with Crippen LogP contribution in [-0.2, 0) is 19.6 Å².